The minimum Gasteiger partial charge on any atom is -0.392 e. The largest absolute Gasteiger partial charge is 0.392 e. The Hall–Kier alpha value is -1.84. The summed E-state index contributed by atoms with van der Waals surface area (Å²) in [4.78, 5) is 0. The van der Waals surface area contributed by atoms with E-state index in [2.05, 4.69) is 34.9 Å². The highest BCUT2D eigenvalue weighted by Gasteiger charge is 2.18. The van der Waals surface area contributed by atoms with Gasteiger partial charge in [0.1, 0.15) is 0 Å². The van der Waals surface area contributed by atoms with E-state index in [0.717, 1.165) is 30.8 Å². The van der Waals surface area contributed by atoms with Crippen LogP contribution in [0.25, 0.3) is 0 Å². The molecule has 1 heterocycles. The minimum atomic E-state index is 0.0653. The molecule has 1 atom stereocenters. The van der Waals surface area contributed by atoms with Gasteiger partial charge in [-0.15, -0.1) is 0 Å². The van der Waals surface area contributed by atoms with E-state index in [0.29, 0.717) is 0 Å². The van der Waals surface area contributed by atoms with Gasteiger partial charge in [-0.3, -0.25) is 0 Å². The quantitative estimate of drug-likeness (QED) is 0.802. The van der Waals surface area contributed by atoms with Gasteiger partial charge in [-0.25, -0.2) is 0 Å². The van der Waals surface area contributed by atoms with Crippen LogP contribution < -0.4 is 10.6 Å². The molecule has 2 aromatic rings. The molecule has 0 radical (unpaired) electrons. The molecule has 104 valence electrons. The second kappa shape index (κ2) is 6.07. The maximum atomic E-state index is 9.45. The van der Waals surface area contributed by atoms with Crippen LogP contribution in [0.15, 0.2) is 48.5 Å². The van der Waals surface area contributed by atoms with Crippen LogP contribution in [0.4, 0.5) is 5.69 Å². The number of hydrogen-bond donors (Lipinski definition) is 3. The molecule has 1 unspecified atom stereocenters. The molecule has 0 bridgehead atoms. The van der Waals surface area contributed by atoms with Crippen LogP contribution in [0, 0.1) is 0 Å². The monoisotopic (exact) mass is 268 g/mol. The Morgan fingerprint density at radius 2 is 1.90 bits per heavy atom. The molecule has 3 rings (SSSR count). The SMILES string of the molecule is OCc1ccccc1NC1CCNCc2ccccc21. The summed E-state index contributed by atoms with van der Waals surface area (Å²) < 4.78 is 0. The first kappa shape index (κ1) is 13.2. The van der Waals surface area contributed by atoms with Crippen LogP contribution in [-0.4, -0.2) is 11.7 Å². The van der Waals surface area contributed by atoms with Crippen molar-refractivity contribution in [3.63, 3.8) is 0 Å². The Balaban J connectivity index is 1.90. The molecular formula is C17H20N2O. The van der Waals surface area contributed by atoms with Gasteiger partial charge >= 0.3 is 0 Å². The molecule has 2 aromatic carbocycles. The van der Waals surface area contributed by atoms with E-state index in [4.69, 9.17) is 0 Å². The van der Waals surface area contributed by atoms with E-state index in [-0.39, 0.29) is 12.6 Å². The van der Waals surface area contributed by atoms with Gasteiger partial charge in [-0.2, -0.15) is 0 Å². The molecular weight excluding hydrogens is 248 g/mol. The highest BCUT2D eigenvalue weighted by molar-refractivity contribution is 5.53. The topological polar surface area (TPSA) is 44.3 Å². The van der Waals surface area contributed by atoms with Gasteiger partial charge in [0, 0.05) is 17.8 Å². The van der Waals surface area contributed by atoms with Gasteiger partial charge in [-0.05, 0) is 30.2 Å². The van der Waals surface area contributed by atoms with E-state index < -0.39 is 0 Å². The molecule has 0 aliphatic carbocycles. The number of aliphatic hydroxyl groups excluding tert-OH is 1. The van der Waals surface area contributed by atoms with Gasteiger partial charge in [-0.1, -0.05) is 42.5 Å². The fourth-order valence-corrected chi connectivity index (χ4v) is 2.80. The zero-order valence-corrected chi connectivity index (χ0v) is 11.5. The third-order valence-electron chi connectivity index (χ3n) is 3.87. The lowest BCUT2D eigenvalue weighted by Gasteiger charge is -2.21. The van der Waals surface area contributed by atoms with Gasteiger partial charge in [0.15, 0.2) is 0 Å². The highest BCUT2D eigenvalue weighted by Crippen LogP contribution is 2.28. The lowest BCUT2D eigenvalue weighted by Crippen LogP contribution is -2.15. The summed E-state index contributed by atoms with van der Waals surface area (Å²) in [6.07, 6.45) is 1.04. The minimum absolute atomic E-state index is 0.0653. The van der Waals surface area contributed by atoms with E-state index in [1.807, 2.05) is 24.3 Å². The predicted molar refractivity (Wildman–Crippen MR) is 81.5 cm³/mol. The average molecular weight is 268 g/mol. The second-order valence-corrected chi connectivity index (χ2v) is 5.18. The Morgan fingerprint density at radius 1 is 1.10 bits per heavy atom. The first-order chi connectivity index (χ1) is 9.88. The summed E-state index contributed by atoms with van der Waals surface area (Å²) in [5.41, 5.74) is 4.67. The summed E-state index contributed by atoms with van der Waals surface area (Å²) in [6.45, 7) is 1.99. The summed E-state index contributed by atoms with van der Waals surface area (Å²) >= 11 is 0. The summed E-state index contributed by atoms with van der Waals surface area (Å²) in [7, 11) is 0. The zero-order valence-electron chi connectivity index (χ0n) is 11.5. The smallest absolute Gasteiger partial charge is 0.0701 e. The number of para-hydroxylation sites is 1. The van der Waals surface area contributed by atoms with Gasteiger partial charge in [0.05, 0.1) is 12.6 Å². The number of aliphatic hydroxyl groups is 1. The summed E-state index contributed by atoms with van der Waals surface area (Å²) in [5, 5.41) is 16.5. The van der Waals surface area contributed by atoms with E-state index in [1.165, 1.54) is 11.1 Å². The molecule has 0 fully saturated rings. The molecule has 3 heteroatoms. The number of fused-ring (bicyclic) bond motifs is 1. The van der Waals surface area contributed by atoms with Crippen molar-refractivity contribution in [3.8, 4) is 0 Å². The van der Waals surface area contributed by atoms with Crippen molar-refractivity contribution >= 4 is 5.69 Å². The molecule has 20 heavy (non-hydrogen) atoms. The van der Waals surface area contributed by atoms with Crippen LogP contribution in [0.3, 0.4) is 0 Å². The molecule has 1 aliphatic heterocycles. The Bertz CT molecular complexity index is 583. The van der Waals surface area contributed by atoms with Crippen molar-refractivity contribution < 1.29 is 5.11 Å². The fourth-order valence-electron chi connectivity index (χ4n) is 2.80. The molecule has 0 saturated heterocycles. The number of anilines is 1. The molecule has 0 saturated carbocycles. The molecule has 3 nitrogen and oxygen atoms in total. The van der Waals surface area contributed by atoms with E-state index in [9.17, 15) is 5.11 Å². The molecule has 0 aromatic heterocycles. The van der Waals surface area contributed by atoms with Crippen molar-refractivity contribution in [1.82, 2.24) is 5.32 Å². The van der Waals surface area contributed by atoms with Crippen molar-refractivity contribution in [2.75, 3.05) is 11.9 Å². The van der Waals surface area contributed by atoms with Gasteiger partial charge in [0.2, 0.25) is 0 Å². The third-order valence-corrected chi connectivity index (χ3v) is 3.87. The van der Waals surface area contributed by atoms with Crippen molar-refractivity contribution in [3.05, 3.63) is 65.2 Å². The highest BCUT2D eigenvalue weighted by atomic mass is 16.3. The van der Waals surface area contributed by atoms with E-state index in [1.54, 1.807) is 0 Å². The first-order valence-corrected chi connectivity index (χ1v) is 7.12. The van der Waals surface area contributed by atoms with Crippen LogP contribution in [0.1, 0.15) is 29.2 Å². The van der Waals surface area contributed by atoms with Crippen molar-refractivity contribution in [2.45, 2.75) is 25.6 Å². The van der Waals surface area contributed by atoms with Crippen LogP contribution in [0.2, 0.25) is 0 Å². The zero-order chi connectivity index (χ0) is 13.8. The Morgan fingerprint density at radius 3 is 2.80 bits per heavy atom. The number of rotatable bonds is 3. The number of hydrogen-bond acceptors (Lipinski definition) is 3. The Kier molecular flexibility index (Phi) is 4.00. The van der Waals surface area contributed by atoms with Crippen LogP contribution in [0.5, 0.6) is 0 Å². The first-order valence-electron chi connectivity index (χ1n) is 7.12. The van der Waals surface area contributed by atoms with Crippen LogP contribution >= 0.6 is 0 Å². The number of nitrogens with one attached hydrogen (secondary N) is 2. The lowest BCUT2D eigenvalue weighted by molar-refractivity contribution is 0.282. The lowest BCUT2D eigenvalue weighted by atomic mass is 9.98. The molecule has 0 amide bonds. The standard InChI is InChI=1S/C17H20N2O/c20-12-14-6-2-4-8-16(14)19-17-9-10-18-11-13-5-1-3-7-15(13)17/h1-8,17-20H,9-12H2. The Labute approximate surface area is 119 Å². The number of benzene rings is 2. The fraction of sp³-hybridized carbons (Fsp3) is 0.294. The molecule has 0 spiro atoms. The molecule has 3 N–H and O–H groups in total. The second-order valence-electron chi connectivity index (χ2n) is 5.18. The van der Waals surface area contributed by atoms with Gasteiger partial charge < -0.3 is 15.7 Å². The molecule has 1 aliphatic rings. The predicted octanol–water partition coefficient (Wildman–Crippen LogP) is 2.83. The van der Waals surface area contributed by atoms with E-state index >= 15 is 0 Å². The van der Waals surface area contributed by atoms with Gasteiger partial charge in [0.25, 0.3) is 0 Å². The maximum absolute atomic E-state index is 9.45. The third kappa shape index (κ3) is 2.69. The van der Waals surface area contributed by atoms with Crippen molar-refractivity contribution in [1.29, 1.82) is 0 Å². The maximum Gasteiger partial charge on any atom is 0.0701 e. The summed E-state index contributed by atoms with van der Waals surface area (Å²) in [5.74, 6) is 0. The van der Waals surface area contributed by atoms with Crippen molar-refractivity contribution in [2.24, 2.45) is 0 Å². The summed E-state index contributed by atoms with van der Waals surface area (Å²) in [6, 6.07) is 16.8. The van der Waals surface area contributed by atoms with Crippen LogP contribution in [-0.2, 0) is 13.2 Å². The average Bonchev–Trinajstić information content (AvgIpc) is 2.71. The normalized spacial score (nSPS) is 18.1.